The minimum Gasteiger partial charge on any atom is -0.383 e. The molecular formula is C15H32N2O. The fraction of sp³-hybridized carbons (Fsp3) is 1.00. The summed E-state index contributed by atoms with van der Waals surface area (Å²) in [7, 11) is 1.79. The van der Waals surface area contributed by atoms with Gasteiger partial charge in [-0.15, -0.1) is 0 Å². The van der Waals surface area contributed by atoms with Gasteiger partial charge in [0.25, 0.3) is 0 Å². The van der Waals surface area contributed by atoms with Gasteiger partial charge in [-0.3, -0.25) is 4.90 Å². The molecule has 1 aliphatic rings. The van der Waals surface area contributed by atoms with Gasteiger partial charge in [-0.05, 0) is 43.7 Å². The molecule has 3 nitrogen and oxygen atoms in total. The number of nitrogens with two attached hydrogens (primary N) is 1. The molecule has 0 radical (unpaired) electrons. The average Bonchev–Trinajstić information content (AvgIpc) is 2.47. The summed E-state index contributed by atoms with van der Waals surface area (Å²) < 4.78 is 5.48. The highest BCUT2D eigenvalue weighted by Crippen LogP contribution is 2.34. The van der Waals surface area contributed by atoms with Gasteiger partial charge in [-0.1, -0.05) is 27.7 Å². The van der Waals surface area contributed by atoms with Crippen molar-refractivity contribution >= 4 is 0 Å². The van der Waals surface area contributed by atoms with E-state index in [2.05, 4.69) is 32.6 Å². The van der Waals surface area contributed by atoms with E-state index < -0.39 is 0 Å². The topological polar surface area (TPSA) is 38.5 Å². The standard InChI is InChI=1S/C15H32N2O/c1-13(2)15(11-16,12-18-5)17-9-6-7-14(3,4)8-10-17/h13H,6-12,16H2,1-5H3. The molecule has 0 amide bonds. The molecule has 1 rings (SSSR count). The van der Waals surface area contributed by atoms with Crippen molar-refractivity contribution in [1.82, 2.24) is 4.90 Å². The van der Waals surface area contributed by atoms with Crippen LogP contribution >= 0.6 is 0 Å². The van der Waals surface area contributed by atoms with E-state index in [1.54, 1.807) is 7.11 Å². The van der Waals surface area contributed by atoms with E-state index in [-0.39, 0.29) is 5.54 Å². The van der Waals surface area contributed by atoms with Gasteiger partial charge >= 0.3 is 0 Å². The van der Waals surface area contributed by atoms with Crippen LogP contribution < -0.4 is 5.73 Å². The molecule has 18 heavy (non-hydrogen) atoms. The smallest absolute Gasteiger partial charge is 0.0661 e. The molecule has 0 aromatic heterocycles. The second kappa shape index (κ2) is 6.36. The normalized spacial score (nSPS) is 24.8. The van der Waals surface area contributed by atoms with Crippen LogP contribution in [0.2, 0.25) is 0 Å². The van der Waals surface area contributed by atoms with Crippen molar-refractivity contribution in [2.24, 2.45) is 17.1 Å². The summed E-state index contributed by atoms with van der Waals surface area (Å²) in [4.78, 5) is 2.59. The molecule has 1 atom stereocenters. The third kappa shape index (κ3) is 3.46. The molecule has 1 fully saturated rings. The van der Waals surface area contributed by atoms with Crippen LogP contribution in [0.15, 0.2) is 0 Å². The monoisotopic (exact) mass is 256 g/mol. The summed E-state index contributed by atoms with van der Waals surface area (Å²) >= 11 is 0. The SMILES string of the molecule is COCC(CN)(C(C)C)N1CCCC(C)(C)CC1. The van der Waals surface area contributed by atoms with Gasteiger partial charge in [0, 0.05) is 13.7 Å². The van der Waals surface area contributed by atoms with Gasteiger partial charge in [0.1, 0.15) is 0 Å². The van der Waals surface area contributed by atoms with Crippen LogP contribution in [0.25, 0.3) is 0 Å². The summed E-state index contributed by atoms with van der Waals surface area (Å²) in [5, 5.41) is 0. The first-order valence-corrected chi connectivity index (χ1v) is 7.32. The number of likely N-dealkylation sites (tertiary alicyclic amines) is 1. The van der Waals surface area contributed by atoms with E-state index in [1.165, 1.54) is 19.3 Å². The van der Waals surface area contributed by atoms with Gasteiger partial charge in [-0.25, -0.2) is 0 Å². The van der Waals surface area contributed by atoms with Crippen LogP contribution in [0.1, 0.15) is 47.0 Å². The van der Waals surface area contributed by atoms with Crippen molar-refractivity contribution in [3.8, 4) is 0 Å². The summed E-state index contributed by atoms with van der Waals surface area (Å²) in [6.45, 7) is 13.0. The fourth-order valence-electron chi connectivity index (χ4n) is 3.16. The molecule has 0 aliphatic carbocycles. The molecule has 0 spiro atoms. The lowest BCUT2D eigenvalue weighted by Crippen LogP contribution is -2.60. The summed E-state index contributed by atoms with van der Waals surface area (Å²) in [6, 6.07) is 0. The van der Waals surface area contributed by atoms with Crippen molar-refractivity contribution in [3.63, 3.8) is 0 Å². The molecular weight excluding hydrogens is 224 g/mol. The molecule has 0 saturated carbocycles. The summed E-state index contributed by atoms with van der Waals surface area (Å²) in [5.41, 5.74) is 6.60. The van der Waals surface area contributed by atoms with Gasteiger partial charge < -0.3 is 10.5 Å². The molecule has 2 N–H and O–H groups in total. The van der Waals surface area contributed by atoms with Gasteiger partial charge in [0.2, 0.25) is 0 Å². The molecule has 1 aliphatic heterocycles. The molecule has 0 aromatic carbocycles. The summed E-state index contributed by atoms with van der Waals surface area (Å²) in [5.74, 6) is 0.517. The third-order valence-electron chi connectivity index (χ3n) is 4.79. The van der Waals surface area contributed by atoms with Crippen molar-refractivity contribution in [1.29, 1.82) is 0 Å². The fourth-order valence-corrected chi connectivity index (χ4v) is 3.16. The van der Waals surface area contributed by atoms with Crippen molar-refractivity contribution in [3.05, 3.63) is 0 Å². The number of rotatable bonds is 5. The Morgan fingerprint density at radius 2 is 1.94 bits per heavy atom. The third-order valence-corrected chi connectivity index (χ3v) is 4.79. The summed E-state index contributed by atoms with van der Waals surface area (Å²) in [6.07, 6.45) is 3.84. The minimum atomic E-state index is 0.00910. The van der Waals surface area contributed by atoms with Crippen molar-refractivity contribution in [2.45, 2.75) is 52.5 Å². The van der Waals surface area contributed by atoms with Crippen LogP contribution in [-0.4, -0.2) is 43.8 Å². The Morgan fingerprint density at radius 3 is 2.44 bits per heavy atom. The first-order valence-electron chi connectivity index (χ1n) is 7.32. The van der Waals surface area contributed by atoms with Gasteiger partial charge in [0.15, 0.2) is 0 Å². The van der Waals surface area contributed by atoms with Gasteiger partial charge in [0.05, 0.1) is 12.1 Å². The predicted molar refractivity (Wildman–Crippen MR) is 77.7 cm³/mol. The number of nitrogens with zero attached hydrogens (tertiary/aromatic N) is 1. The van der Waals surface area contributed by atoms with E-state index in [0.29, 0.717) is 17.9 Å². The second-order valence-corrected chi connectivity index (χ2v) is 6.90. The highest BCUT2D eigenvalue weighted by molar-refractivity contribution is 4.96. The van der Waals surface area contributed by atoms with Crippen molar-refractivity contribution < 1.29 is 4.74 Å². The number of hydrogen-bond acceptors (Lipinski definition) is 3. The quantitative estimate of drug-likeness (QED) is 0.821. The zero-order valence-corrected chi connectivity index (χ0v) is 13.0. The predicted octanol–water partition coefficient (Wildman–Crippen LogP) is 2.50. The average molecular weight is 256 g/mol. The van der Waals surface area contributed by atoms with E-state index in [0.717, 1.165) is 19.7 Å². The van der Waals surface area contributed by atoms with Crippen LogP contribution in [0.3, 0.4) is 0 Å². The van der Waals surface area contributed by atoms with Crippen LogP contribution in [0, 0.1) is 11.3 Å². The lowest BCUT2D eigenvalue weighted by Gasteiger charge is -2.46. The van der Waals surface area contributed by atoms with E-state index in [4.69, 9.17) is 10.5 Å². The maximum absolute atomic E-state index is 6.12. The van der Waals surface area contributed by atoms with E-state index in [9.17, 15) is 0 Å². The largest absolute Gasteiger partial charge is 0.383 e. The van der Waals surface area contributed by atoms with E-state index in [1.807, 2.05) is 0 Å². The highest BCUT2D eigenvalue weighted by atomic mass is 16.5. The van der Waals surface area contributed by atoms with Crippen LogP contribution in [-0.2, 0) is 4.74 Å². The molecule has 1 unspecified atom stereocenters. The first-order chi connectivity index (χ1) is 8.38. The van der Waals surface area contributed by atoms with Crippen LogP contribution in [0.5, 0.6) is 0 Å². The zero-order valence-electron chi connectivity index (χ0n) is 13.0. The minimum absolute atomic E-state index is 0.00910. The highest BCUT2D eigenvalue weighted by Gasteiger charge is 2.40. The molecule has 0 aromatic rings. The lowest BCUT2D eigenvalue weighted by atomic mass is 9.84. The zero-order chi connectivity index (χ0) is 13.8. The number of hydrogen-bond donors (Lipinski definition) is 1. The van der Waals surface area contributed by atoms with Gasteiger partial charge in [-0.2, -0.15) is 0 Å². The van der Waals surface area contributed by atoms with Crippen LogP contribution in [0.4, 0.5) is 0 Å². The Labute approximate surface area is 113 Å². The Kier molecular flexibility index (Phi) is 5.63. The molecule has 108 valence electrons. The molecule has 1 saturated heterocycles. The Hall–Kier alpha value is -0.120. The number of ether oxygens (including phenoxy) is 1. The van der Waals surface area contributed by atoms with Crippen molar-refractivity contribution in [2.75, 3.05) is 33.4 Å². The Balaban J connectivity index is 2.85. The maximum atomic E-state index is 6.12. The second-order valence-electron chi connectivity index (χ2n) is 6.90. The Morgan fingerprint density at radius 1 is 1.28 bits per heavy atom. The van der Waals surface area contributed by atoms with E-state index >= 15 is 0 Å². The maximum Gasteiger partial charge on any atom is 0.0661 e. The number of methoxy groups -OCH3 is 1. The molecule has 3 heteroatoms. The lowest BCUT2D eigenvalue weighted by molar-refractivity contribution is -0.0157. The molecule has 1 heterocycles. The Bertz CT molecular complexity index is 253. The first kappa shape index (κ1) is 15.9. The molecule has 0 bridgehead atoms.